The molecule has 3 nitrogen and oxygen atoms in total. The van der Waals surface area contributed by atoms with Crippen LogP contribution in [-0.4, -0.2) is 11.7 Å². The lowest BCUT2D eigenvalue weighted by Crippen LogP contribution is -2.28. The third-order valence-corrected chi connectivity index (χ3v) is 6.51. The highest BCUT2D eigenvalue weighted by Gasteiger charge is 2.33. The van der Waals surface area contributed by atoms with Crippen LogP contribution in [0.2, 0.25) is 0 Å². The maximum Gasteiger partial charge on any atom is 0.416 e. The summed E-state index contributed by atoms with van der Waals surface area (Å²) in [5.41, 5.74) is -0.779. The summed E-state index contributed by atoms with van der Waals surface area (Å²) < 4.78 is 100. The van der Waals surface area contributed by atoms with Crippen LogP contribution in [0.15, 0.2) is 91.0 Å². The van der Waals surface area contributed by atoms with Gasteiger partial charge in [0, 0.05) is 12.1 Å². The van der Waals surface area contributed by atoms with Crippen molar-refractivity contribution < 1.29 is 40.6 Å². The number of aliphatic hydroxyl groups is 1. The average molecular weight is 578 g/mol. The Morgan fingerprint density at radius 1 is 0.732 bits per heavy atom. The number of nitrogens with one attached hydrogen (secondary N) is 1. The van der Waals surface area contributed by atoms with Crippen molar-refractivity contribution in [2.75, 3.05) is 6.54 Å². The lowest BCUT2D eigenvalue weighted by atomic mass is 9.95. The maximum absolute atomic E-state index is 15.0. The second kappa shape index (κ2) is 12.3. The fraction of sp³-hybridized carbons (Fsp3) is 0.226. The zero-order valence-corrected chi connectivity index (χ0v) is 21.7. The number of hydrogen-bond donors (Lipinski definition) is 2. The minimum Gasteiger partial charge on any atom is -0.457 e. The average Bonchev–Trinajstić information content (AvgIpc) is 2.93. The van der Waals surface area contributed by atoms with E-state index in [0.29, 0.717) is 29.2 Å². The van der Waals surface area contributed by atoms with Gasteiger partial charge in [-0.15, -0.1) is 0 Å². The summed E-state index contributed by atoms with van der Waals surface area (Å²) in [6, 6.07) is 18.4. The maximum atomic E-state index is 15.0. The molecule has 10 heteroatoms. The molecular formula is C31H26F7NO2. The Bertz CT molecular complexity index is 1470. The molecule has 41 heavy (non-hydrogen) atoms. The van der Waals surface area contributed by atoms with Gasteiger partial charge in [-0.25, -0.2) is 4.39 Å². The van der Waals surface area contributed by atoms with Crippen molar-refractivity contribution in [2.45, 2.75) is 37.8 Å². The van der Waals surface area contributed by atoms with Gasteiger partial charge in [-0.2, -0.15) is 26.3 Å². The lowest BCUT2D eigenvalue weighted by molar-refractivity contribution is -0.138. The molecule has 0 aliphatic rings. The first-order chi connectivity index (χ1) is 19.3. The topological polar surface area (TPSA) is 41.5 Å². The van der Waals surface area contributed by atoms with Crippen LogP contribution in [0, 0.1) is 5.82 Å². The molecule has 4 aromatic rings. The number of aliphatic hydroxyl groups excluding tert-OH is 1. The molecule has 0 fully saturated rings. The molecule has 2 N–H and O–H groups in total. The Morgan fingerprint density at radius 2 is 1.34 bits per heavy atom. The van der Waals surface area contributed by atoms with E-state index in [0.717, 1.165) is 42.3 Å². The third-order valence-electron chi connectivity index (χ3n) is 6.51. The standard InChI is InChI=1S/C31H26F7NO2/c1-2-19-5-3-7-24(15-19)41-25-8-4-6-21(16-25)29(26-17-23(31(36,37)38)13-14-27(26)32)39-18-28(40)20-9-11-22(12-10-20)30(33,34)35/h3-17,28-29,39-40H,2,18H2,1H3. The normalized spacial score (nSPS) is 13.6. The molecule has 0 amide bonds. The van der Waals surface area contributed by atoms with Gasteiger partial charge >= 0.3 is 12.4 Å². The van der Waals surface area contributed by atoms with Crippen LogP contribution in [-0.2, 0) is 18.8 Å². The summed E-state index contributed by atoms with van der Waals surface area (Å²) in [7, 11) is 0. The first-order valence-corrected chi connectivity index (χ1v) is 12.7. The van der Waals surface area contributed by atoms with E-state index in [2.05, 4.69) is 5.32 Å². The highest BCUT2D eigenvalue weighted by atomic mass is 19.4. The summed E-state index contributed by atoms with van der Waals surface area (Å²) in [6.45, 7) is 1.67. The smallest absolute Gasteiger partial charge is 0.416 e. The summed E-state index contributed by atoms with van der Waals surface area (Å²) in [4.78, 5) is 0. The Morgan fingerprint density at radius 3 is 1.98 bits per heavy atom. The fourth-order valence-corrected chi connectivity index (χ4v) is 4.31. The van der Waals surface area contributed by atoms with E-state index < -0.39 is 41.4 Å². The highest BCUT2D eigenvalue weighted by Crippen LogP contribution is 2.35. The minimum atomic E-state index is -4.73. The van der Waals surface area contributed by atoms with Crippen molar-refractivity contribution in [1.29, 1.82) is 0 Å². The van der Waals surface area contributed by atoms with Gasteiger partial charge in [-0.05, 0) is 77.7 Å². The molecule has 0 aliphatic carbocycles. The monoisotopic (exact) mass is 577 g/mol. The number of rotatable bonds is 9. The van der Waals surface area contributed by atoms with Crippen LogP contribution >= 0.6 is 0 Å². The van der Waals surface area contributed by atoms with Gasteiger partial charge in [-0.3, -0.25) is 0 Å². The summed E-state index contributed by atoms with van der Waals surface area (Å²) in [6.07, 6.45) is -9.86. The van der Waals surface area contributed by atoms with E-state index in [9.17, 15) is 31.4 Å². The molecule has 0 heterocycles. The van der Waals surface area contributed by atoms with Crippen LogP contribution in [0.3, 0.4) is 0 Å². The van der Waals surface area contributed by atoms with Gasteiger partial charge in [-0.1, -0.05) is 43.3 Å². The van der Waals surface area contributed by atoms with Crippen LogP contribution < -0.4 is 10.1 Å². The number of halogens is 7. The Balaban J connectivity index is 1.66. The van der Waals surface area contributed by atoms with Crippen molar-refractivity contribution in [1.82, 2.24) is 5.32 Å². The van der Waals surface area contributed by atoms with E-state index in [-0.39, 0.29) is 17.7 Å². The number of aryl methyl sites for hydroxylation is 1. The van der Waals surface area contributed by atoms with Gasteiger partial charge in [0.25, 0.3) is 0 Å². The molecule has 0 saturated heterocycles. The molecule has 0 aromatic heterocycles. The second-order valence-electron chi connectivity index (χ2n) is 9.39. The molecule has 216 valence electrons. The van der Waals surface area contributed by atoms with E-state index >= 15 is 4.39 Å². The van der Waals surface area contributed by atoms with E-state index in [1.165, 1.54) is 0 Å². The van der Waals surface area contributed by atoms with Gasteiger partial charge in [0.05, 0.1) is 23.3 Å². The summed E-state index contributed by atoms with van der Waals surface area (Å²) >= 11 is 0. The van der Waals surface area contributed by atoms with Gasteiger partial charge in [0.15, 0.2) is 0 Å². The molecule has 0 aliphatic heterocycles. The molecule has 2 atom stereocenters. The predicted octanol–water partition coefficient (Wildman–Crippen LogP) is 8.63. The first kappa shape index (κ1) is 30.1. The van der Waals surface area contributed by atoms with Gasteiger partial charge in [0.2, 0.25) is 0 Å². The van der Waals surface area contributed by atoms with E-state index in [1.54, 1.807) is 30.3 Å². The van der Waals surface area contributed by atoms with E-state index in [4.69, 9.17) is 4.74 Å². The minimum absolute atomic E-state index is 0.140. The van der Waals surface area contributed by atoms with Crippen molar-refractivity contribution in [3.05, 3.63) is 130 Å². The molecule has 2 unspecified atom stereocenters. The quantitative estimate of drug-likeness (QED) is 0.196. The van der Waals surface area contributed by atoms with Crippen molar-refractivity contribution in [3.63, 3.8) is 0 Å². The Hall–Kier alpha value is -3.89. The predicted molar refractivity (Wildman–Crippen MR) is 140 cm³/mol. The zero-order chi connectivity index (χ0) is 29.8. The first-order valence-electron chi connectivity index (χ1n) is 12.7. The van der Waals surface area contributed by atoms with Crippen molar-refractivity contribution in [3.8, 4) is 11.5 Å². The molecule has 4 rings (SSSR count). The van der Waals surface area contributed by atoms with Crippen LogP contribution in [0.1, 0.15) is 52.5 Å². The molecule has 0 spiro atoms. The third kappa shape index (κ3) is 7.65. The molecular weight excluding hydrogens is 551 g/mol. The number of ether oxygens (including phenoxy) is 1. The zero-order valence-electron chi connectivity index (χ0n) is 21.7. The number of alkyl halides is 6. The largest absolute Gasteiger partial charge is 0.457 e. The van der Waals surface area contributed by atoms with Gasteiger partial charge < -0.3 is 15.2 Å². The highest BCUT2D eigenvalue weighted by molar-refractivity contribution is 5.41. The van der Waals surface area contributed by atoms with Crippen molar-refractivity contribution in [2.24, 2.45) is 0 Å². The lowest BCUT2D eigenvalue weighted by Gasteiger charge is -2.24. The van der Waals surface area contributed by atoms with E-state index in [1.807, 2.05) is 25.1 Å². The molecule has 4 aromatic carbocycles. The second-order valence-corrected chi connectivity index (χ2v) is 9.39. The van der Waals surface area contributed by atoms with Gasteiger partial charge in [0.1, 0.15) is 17.3 Å². The Labute approximate surface area is 232 Å². The number of benzene rings is 4. The van der Waals surface area contributed by atoms with Crippen LogP contribution in [0.25, 0.3) is 0 Å². The summed E-state index contributed by atoms with van der Waals surface area (Å²) in [5.74, 6) is -0.0336. The fourth-order valence-electron chi connectivity index (χ4n) is 4.31. The van der Waals surface area contributed by atoms with Crippen LogP contribution in [0.4, 0.5) is 30.7 Å². The molecule has 0 saturated carbocycles. The SMILES string of the molecule is CCc1cccc(Oc2cccc(C(NCC(O)c3ccc(C(F)(F)F)cc3)c3cc(C(F)(F)F)ccc3F)c2)c1. The molecule has 0 bridgehead atoms. The van der Waals surface area contributed by atoms with Crippen molar-refractivity contribution >= 4 is 0 Å². The summed E-state index contributed by atoms with van der Waals surface area (Å²) in [5, 5.41) is 13.6. The molecule has 0 radical (unpaired) electrons. The van der Waals surface area contributed by atoms with Crippen LogP contribution in [0.5, 0.6) is 11.5 Å². The Kier molecular flexibility index (Phi) is 9.04. The number of hydrogen-bond acceptors (Lipinski definition) is 3.